The van der Waals surface area contributed by atoms with Crippen LogP contribution < -0.4 is 10.1 Å². The summed E-state index contributed by atoms with van der Waals surface area (Å²) in [5.74, 6) is 0.299. The molecule has 0 saturated carbocycles. The predicted octanol–water partition coefficient (Wildman–Crippen LogP) is 4.82. The van der Waals surface area contributed by atoms with Crippen molar-refractivity contribution in [3.05, 3.63) is 51.5 Å². The molecule has 0 spiro atoms. The van der Waals surface area contributed by atoms with E-state index in [2.05, 4.69) is 26.2 Å². The fourth-order valence-corrected chi connectivity index (χ4v) is 2.80. The maximum Gasteiger partial charge on any atom is 0.156 e. The summed E-state index contributed by atoms with van der Waals surface area (Å²) in [6.45, 7) is 1.93. The summed E-state index contributed by atoms with van der Waals surface area (Å²) in [6, 6.07) is 6.43. The van der Waals surface area contributed by atoms with E-state index in [4.69, 9.17) is 16.3 Å². The molecule has 0 bridgehead atoms. The molecule has 1 atom stereocenters. The number of nitrogens with zero attached hydrogens (tertiary/aromatic N) is 1. The number of pyridine rings is 1. The van der Waals surface area contributed by atoms with Crippen LogP contribution in [0.4, 0.5) is 10.1 Å². The molecule has 20 heavy (non-hydrogen) atoms. The van der Waals surface area contributed by atoms with E-state index in [9.17, 15) is 4.39 Å². The Kier molecular flexibility index (Phi) is 4.83. The number of benzene rings is 1. The smallest absolute Gasteiger partial charge is 0.156 e. The van der Waals surface area contributed by atoms with Crippen molar-refractivity contribution in [3.8, 4) is 5.75 Å². The number of hydrogen-bond acceptors (Lipinski definition) is 3. The molecule has 106 valence electrons. The molecule has 1 N–H and O–H groups in total. The van der Waals surface area contributed by atoms with Crippen molar-refractivity contribution in [1.29, 1.82) is 0 Å². The zero-order valence-electron chi connectivity index (χ0n) is 11.0. The van der Waals surface area contributed by atoms with Crippen LogP contribution in [-0.4, -0.2) is 12.1 Å². The Morgan fingerprint density at radius 3 is 2.75 bits per heavy atom. The van der Waals surface area contributed by atoms with Gasteiger partial charge in [0.15, 0.2) is 5.75 Å². The number of anilines is 1. The van der Waals surface area contributed by atoms with Crippen LogP contribution in [0.15, 0.2) is 34.9 Å². The number of halogens is 3. The Labute approximate surface area is 130 Å². The molecule has 1 unspecified atom stereocenters. The highest BCUT2D eigenvalue weighted by molar-refractivity contribution is 9.10. The molecule has 0 fully saturated rings. The van der Waals surface area contributed by atoms with Gasteiger partial charge in [0.1, 0.15) is 5.82 Å². The second-order valence-corrected chi connectivity index (χ2v) is 5.53. The molecule has 0 amide bonds. The highest BCUT2D eigenvalue weighted by Gasteiger charge is 2.13. The first-order chi connectivity index (χ1) is 9.51. The monoisotopic (exact) mass is 358 g/mol. The summed E-state index contributed by atoms with van der Waals surface area (Å²) in [4.78, 5) is 4.05. The molecule has 1 aromatic heterocycles. The fourth-order valence-electron chi connectivity index (χ4n) is 1.83. The maximum atomic E-state index is 12.9. The minimum atomic E-state index is -0.357. The second kappa shape index (κ2) is 6.41. The Bertz CT molecular complexity index is 607. The molecule has 1 aromatic carbocycles. The summed E-state index contributed by atoms with van der Waals surface area (Å²) in [5, 5.41) is 3.84. The van der Waals surface area contributed by atoms with Crippen molar-refractivity contribution in [2.45, 2.75) is 13.0 Å². The van der Waals surface area contributed by atoms with E-state index in [-0.39, 0.29) is 11.9 Å². The SMILES string of the molecule is COc1c(Br)cc(Cl)cc1NC(C)c1ccc(F)cn1. The van der Waals surface area contributed by atoms with Gasteiger partial charge in [-0.1, -0.05) is 11.6 Å². The third-order valence-electron chi connectivity index (χ3n) is 2.78. The Balaban J connectivity index is 2.27. The molecule has 1 heterocycles. The van der Waals surface area contributed by atoms with Crippen molar-refractivity contribution in [2.75, 3.05) is 12.4 Å². The van der Waals surface area contributed by atoms with Gasteiger partial charge in [-0.15, -0.1) is 0 Å². The zero-order valence-corrected chi connectivity index (χ0v) is 13.3. The number of nitrogens with one attached hydrogen (secondary N) is 1. The van der Waals surface area contributed by atoms with Gasteiger partial charge >= 0.3 is 0 Å². The number of hydrogen-bond donors (Lipinski definition) is 1. The van der Waals surface area contributed by atoms with E-state index < -0.39 is 0 Å². The Hall–Kier alpha value is -1.33. The van der Waals surface area contributed by atoms with Crippen molar-refractivity contribution >= 4 is 33.2 Å². The standard InChI is InChI=1S/C14H13BrClFN2O/c1-8(12-4-3-10(17)7-18-12)19-13-6-9(16)5-11(15)14(13)20-2/h3-8,19H,1-2H3. The molecule has 0 saturated heterocycles. The molecule has 0 aliphatic rings. The van der Waals surface area contributed by atoms with E-state index in [1.54, 1.807) is 25.3 Å². The van der Waals surface area contributed by atoms with Gasteiger partial charge in [-0.05, 0) is 47.1 Å². The molecule has 0 aliphatic carbocycles. The molecule has 3 nitrogen and oxygen atoms in total. The zero-order chi connectivity index (χ0) is 14.7. The Morgan fingerprint density at radius 1 is 1.40 bits per heavy atom. The number of methoxy groups -OCH3 is 1. The number of ether oxygens (including phenoxy) is 1. The van der Waals surface area contributed by atoms with Gasteiger partial charge < -0.3 is 10.1 Å². The van der Waals surface area contributed by atoms with Gasteiger partial charge in [0.25, 0.3) is 0 Å². The lowest BCUT2D eigenvalue weighted by atomic mass is 10.2. The van der Waals surface area contributed by atoms with Crippen LogP contribution in [0, 0.1) is 5.82 Å². The van der Waals surface area contributed by atoms with Crippen LogP contribution in [0.5, 0.6) is 5.75 Å². The van der Waals surface area contributed by atoms with Crippen LogP contribution in [0.1, 0.15) is 18.7 Å². The lowest BCUT2D eigenvalue weighted by Gasteiger charge is -2.18. The normalized spacial score (nSPS) is 12.1. The van der Waals surface area contributed by atoms with Crippen LogP contribution in [0.25, 0.3) is 0 Å². The van der Waals surface area contributed by atoms with Crippen LogP contribution in [0.2, 0.25) is 5.02 Å². The first-order valence-corrected chi connectivity index (χ1v) is 7.09. The van der Waals surface area contributed by atoms with E-state index in [1.807, 2.05) is 6.92 Å². The van der Waals surface area contributed by atoms with Crippen molar-refractivity contribution in [2.24, 2.45) is 0 Å². The van der Waals surface area contributed by atoms with Gasteiger partial charge in [0.2, 0.25) is 0 Å². The second-order valence-electron chi connectivity index (χ2n) is 4.24. The lowest BCUT2D eigenvalue weighted by molar-refractivity contribution is 0.413. The largest absolute Gasteiger partial charge is 0.493 e. The number of rotatable bonds is 4. The minimum Gasteiger partial charge on any atom is -0.493 e. The lowest BCUT2D eigenvalue weighted by Crippen LogP contribution is -2.09. The highest BCUT2D eigenvalue weighted by Crippen LogP contribution is 2.37. The highest BCUT2D eigenvalue weighted by atomic mass is 79.9. The van der Waals surface area contributed by atoms with E-state index >= 15 is 0 Å². The first kappa shape index (κ1) is 15.1. The molecule has 0 aliphatic heterocycles. The molecular formula is C14H13BrClFN2O. The molecule has 2 aromatic rings. The van der Waals surface area contributed by atoms with E-state index in [0.29, 0.717) is 10.8 Å². The third-order valence-corrected chi connectivity index (χ3v) is 3.59. The van der Waals surface area contributed by atoms with Crippen molar-refractivity contribution < 1.29 is 9.13 Å². The van der Waals surface area contributed by atoms with Crippen LogP contribution in [-0.2, 0) is 0 Å². The third kappa shape index (κ3) is 3.41. The summed E-state index contributed by atoms with van der Waals surface area (Å²) >= 11 is 9.44. The van der Waals surface area contributed by atoms with Gasteiger partial charge in [0.05, 0.1) is 35.2 Å². The summed E-state index contributed by atoms with van der Waals surface area (Å²) in [6.07, 6.45) is 1.19. The van der Waals surface area contributed by atoms with Crippen LogP contribution in [0.3, 0.4) is 0 Å². The predicted molar refractivity (Wildman–Crippen MR) is 81.9 cm³/mol. The quantitative estimate of drug-likeness (QED) is 0.850. The van der Waals surface area contributed by atoms with Crippen molar-refractivity contribution in [1.82, 2.24) is 4.98 Å². The molecule has 6 heteroatoms. The van der Waals surface area contributed by atoms with Gasteiger partial charge in [-0.3, -0.25) is 4.98 Å². The average molecular weight is 360 g/mol. The molecule has 0 radical (unpaired) electrons. The Morgan fingerprint density at radius 2 is 2.15 bits per heavy atom. The van der Waals surface area contributed by atoms with E-state index in [1.165, 1.54) is 12.3 Å². The summed E-state index contributed by atoms with van der Waals surface area (Å²) in [7, 11) is 1.58. The fraction of sp³-hybridized carbons (Fsp3) is 0.214. The number of aromatic nitrogens is 1. The topological polar surface area (TPSA) is 34.1 Å². The van der Waals surface area contributed by atoms with Crippen molar-refractivity contribution in [3.63, 3.8) is 0 Å². The molecular weight excluding hydrogens is 347 g/mol. The van der Waals surface area contributed by atoms with Gasteiger partial charge in [-0.25, -0.2) is 4.39 Å². The molecule has 2 rings (SSSR count). The van der Waals surface area contributed by atoms with Gasteiger partial charge in [-0.2, -0.15) is 0 Å². The summed E-state index contributed by atoms with van der Waals surface area (Å²) in [5.41, 5.74) is 1.47. The minimum absolute atomic E-state index is 0.116. The summed E-state index contributed by atoms with van der Waals surface area (Å²) < 4.78 is 19.0. The maximum absolute atomic E-state index is 12.9. The van der Waals surface area contributed by atoms with Gasteiger partial charge in [0, 0.05) is 5.02 Å². The van der Waals surface area contributed by atoms with Crippen LogP contribution >= 0.6 is 27.5 Å². The first-order valence-electron chi connectivity index (χ1n) is 5.92. The average Bonchev–Trinajstić information content (AvgIpc) is 2.39. The van der Waals surface area contributed by atoms with E-state index in [0.717, 1.165) is 15.9 Å².